The number of ether oxygens (including phenoxy) is 1. The summed E-state index contributed by atoms with van der Waals surface area (Å²) in [4.78, 5) is 16.6. The number of nitrogens with zero attached hydrogens (tertiary/aromatic N) is 1. The normalized spacial score (nSPS) is 17.7. The van der Waals surface area contributed by atoms with E-state index in [1.165, 1.54) is 0 Å². The maximum atomic E-state index is 11.0. The van der Waals surface area contributed by atoms with Gasteiger partial charge in [-0.2, -0.15) is 0 Å². The number of carboxylic acid groups (broad SMARTS) is 1. The number of hydrogen-bond donors (Lipinski definition) is 2. The van der Waals surface area contributed by atoms with Gasteiger partial charge in [-0.1, -0.05) is 0 Å². The zero-order valence-electron chi connectivity index (χ0n) is 10.4. The summed E-state index contributed by atoms with van der Waals surface area (Å²) in [7, 11) is 1.70. The molecule has 0 saturated heterocycles. The third-order valence-corrected chi connectivity index (χ3v) is 4.16. The van der Waals surface area contributed by atoms with Crippen LogP contribution in [0.4, 0.5) is 5.13 Å². The van der Waals surface area contributed by atoms with Crippen LogP contribution >= 0.6 is 11.3 Å². The molecule has 1 atom stereocenters. The van der Waals surface area contributed by atoms with Gasteiger partial charge in [0.05, 0.1) is 5.69 Å². The zero-order valence-corrected chi connectivity index (χ0v) is 11.3. The Hall–Kier alpha value is -1.14. The molecule has 0 fully saturated rings. The molecule has 0 aromatic carbocycles. The van der Waals surface area contributed by atoms with Gasteiger partial charge in [0.1, 0.15) is 5.92 Å². The van der Waals surface area contributed by atoms with Gasteiger partial charge < -0.3 is 15.2 Å². The number of hydrogen-bond acceptors (Lipinski definition) is 5. The second-order valence-electron chi connectivity index (χ2n) is 4.38. The van der Waals surface area contributed by atoms with Crippen molar-refractivity contribution in [2.75, 3.05) is 25.6 Å². The summed E-state index contributed by atoms with van der Waals surface area (Å²) in [6.07, 6.45) is 3.58. The molecule has 1 aromatic heterocycles. The summed E-state index contributed by atoms with van der Waals surface area (Å²) in [6, 6.07) is 0. The first-order valence-corrected chi connectivity index (χ1v) is 6.99. The third-order valence-electron chi connectivity index (χ3n) is 3.07. The lowest BCUT2D eigenvalue weighted by atomic mass is 10.1. The lowest BCUT2D eigenvalue weighted by Gasteiger charge is -2.03. The van der Waals surface area contributed by atoms with E-state index in [1.807, 2.05) is 0 Å². The molecule has 0 amide bonds. The molecule has 0 aliphatic heterocycles. The molecule has 0 bridgehead atoms. The summed E-state index contributed by atoms with van der Waals surface area (Å²) < 4.78 is 4.98. The average molecular weight is 270 g/mol. The van der Waals surface area contributed by atoms with E-state index in [1.54, 1.807) is 18.4 Å². The molecule has 18 heavy (non-hydrogen) atoms. The smallest absolute Gasteiger partial charge is 0.312 e. The number of unbranched alkanes of at least 4 members (excludes halogenated alkanes) is 1. The standard InChI is InChI=1S/C12H18N2O3S/c1-17-7-3-2-6-13-12-14-10-8(11(15)16)4-5-9(10)18-12/h8H,2-7H2,1H3,(H,13,14)(H,15,16). The molecule has 2 rings (SSSR count). The molecule has 0 radical (unpaired) electrons. The molecule has 1 unspecified atom stereocenters. The van der Waals surface area contributed by atoms with Crippen LogP contribution in [0.5, 0.6) is 0 Å². The van der Waals surface area contributed by atoms with E-state index in [0.29, 0.717) is 6.42 Å². The predicted molar refractivity (Wildman–Crippen MR) is 70.4 cm³/mol. The molecule has 1 aromatic rings. The number of nitrogens with one attached hydrogen (secondary N) is 1. The maximum Gasteiger partial charge on any atom is 0.312 e. The fourth-order valence-electron chi connectivity index (χ4n) is 2.11. The van der Waals surface area contributed by atoms with Gasteiger partial charge in [-0.15, -0.1) is 11.3 Å². The molecule has 1 aliphatic rings. The van der Waals surface area contributed by atoms with E-state index in [4.69, 9.17) is 9.84 Å². The highest BCUT2D eigenvalue weighted by atomic mass is 32.1. The van der Waals surface area contributed by atoms with Crippen LogP contribution in [0, 0.1) is 0 Å². The van der Waals surface area contributed by atoms with Gasteiger partial charge in [0, 0.05) is 25.1 Å². The van der Waals surface area contributed by atoms with E-state index in [0.717, 1.165) is 48.1 Å². The van der Waals surface area contributed by atoms with Crippen LogP contribution in [-0.4, -0.2) is 36.3 Å². The monoisotopic (exact) mass is 270 g/mol. The Labute approximate surface area is 110 Å². The van der Waals surface area contributed by atoms with Crippen molar-refractivity contribution in [3.05, 3.63) is 10.6 Å². The van der Waals surface area contributed by atoms with Gasteiger partial charge in [0.15, 0.2) is 5.13 Å². The van der Waals surface area contributed by atoms with E-state index in [9.17, 15) is 4.79 Å². The first-order valence-electron chi connectivity index (χ1n) is 6.17. The first-order chi connectivity index (χ1) is 8.72. The summed E-state index contributed by atoms with van der Waals surface area (Å²) in [5.74, 6) is -1.16. The Balaban J connectivity index is 1.85. The second-order valence-corrected chi connectivity index (χ2v) is 5.47. The van der Waals surface area contributed by atoms with Crippen molar-refractivity contribution in [1.82, 2.24) is 4.98 Å². The second kappa shape index (κ2) is 6.15. The minimum absolute atomic E-state index is 0.403. The number of aliphatic carboxylic acids is 1. The number of rotatable bonds is 7. The van der Waals surface area contributed by atoms with Crippen molar-refractivity contribution in [2.45, 2.75) is 31.6 Å². The molecular formula is C12H18N2O3S. The molecule has 1 aliphatic carbocycles. The van der Waals surface area contributed by atoms with Crippen molar-refractivity contribution in [1.29, 1.82) is 0 Å². The average Bonchev–Trinajstić information content (AvgIpc) is 2.87. The molecule has 100 valence electrons. The zero-order chi connectivity index (χ0) is 13.0. The quantitative estimate of drug-likeness (QED) is 0.742. The van der Waals surface area contributed by atoms with E-state index >= 15 is 0 Å². The lowest BCUT2D eigenvalue weighted by molar-refractivity contribution is -0.138. The third kappa shape index (κ3) is 3.00. The Kier molecular flexibility index (Phi) is 4.54. The Bertz CT molecular complexity index is 419. The fourth-order valence-corrected chi connectivity index (χ4v) is 3.17. The minimum atomic E-state index is -0.759. The summed E-state index contributed by atoms with van der Waals surface area (Å²) in [5.41, 5.74) is 0.770. The van der Waals surface area contributed by atoms with Crippen LogP contribution in [-0.2, 0) is 16.0 Å². The number of carbonyl (C=O) groups is 1. The van der Waals surface area contributed by atoms with Crippen LogP contribution in [0.15, 0.2) is 0 Å². The molecule has 2 N–H and O–H groups in total. The van der Waals surface area contributed by atoms with E-state index in [-0.39, 0.29) is 0 Å². The predicted octanol–water partition coefficient (Wildman–Crippen LogP) is 2.10. The molecule has 0 saturated carbocycles. The van der Waals surface area contributed by atoms with Crippen molar-refractivity contribution in [3.8, 4) is 0 Å². The Morgan fingerprint density at radius 2 is 2.44 bits per heavy atom. The molecule has 1 heterocycles. The maximum absolute atomic E-state index is 11.0. The largest absolute Gasteiger partial charge is 0.481 e. The molecule has 6 heteroatoms. The topological polar surface area (TPSA) is 71.5 Å². The van der Waals surface area contributed by atoms with Crippen molar-refractivity contribution in [2.24, 2.45) is 0 Å². The number of thiazole rings is 1. The Morgan fingerprint density at radius 1 is 1.61 bits per heavy atom. The Morgan fingerprint density at radius 3 is 3.17 bits per heavy atom. The number of carboxylic acids is 1. The van der Waals surface area contributed by atoms with Crippen molar-refractivity contribution >= 4 is 22.4 Å². The molecular weight excluding hydrogens is 252 g/mol. The van der Waals surface area contributed by atoms with Crippen LogP contribution in [0.2, 0.25) is 0 Å². The van der Waals surface area contributed by atoms with Crippen molar-refractivity contribution < 1.29 is 14.6 Å². The lowest BCUT2D eigenvalue weighted by Crippen LogP contribution is -2.09. The van der Waals surface area contributed by atoms with Crippen LogP contribution in [0.1, 0.15) is 35.8 Å². The summed E-state index contributed by atoms with van der Waals surface area (Å²) in [6.45, 7) is 1.63. The van der Waals surface area contributed by atoms with E-state index in [2.05, 4.69) is 10.3 Å². The number of fused-ring (bicyclic) bond motifs is 1. The highest BCUT2D eigenvalue weighted by Crippen LogP contribution is 2.38. The number of anilines is 1. The number of aryl methyl sites for hydroxylation is 1. The van der Waals surface area contributed by atoms with Gasteiger partial charge in [0.25, 0.3) is 0 Å². The van der Waals surface area contributed by atoms with Crippen LogP contribution < -0.4 is 5.32 Å². The van der Waals surface area contributed by atoms with Gasteiger partial charge in [-0.05, 0) is 25.7 Å². The number of aromatic nitrogens is 1. The SMILES string of the molecule is COCCCCNc1nc2c(s1)CCC2C(=O)O. The van der Waals surface area contributed by atoms with E-state index < -0.39 is 11.9 Å². The summed E-state index contributed by atoms with van der Waals surface area (Å²) in [5, 5.41) is 13.2. The first kappa shape index (κ1) is 13.3. The highest BCUT2D eigenvalue weighted by molar-refractivity contribution is 7.15. The fraction of sp³-hybridized carbons (Fsp3) is 0.667. The van der Waals surface area contributed by atoms with Gasteiger partial charge in [-0.25, -0.2) is 4.98 Å². The van der Waals surface area contributed by atoms with Gasteiger partial charge >= 0.3 is 5.97 Å². The van der Waals surface area contributed by atoms with Crippen molar-refractivity contribution in [3.63, 3.8) is 0 Å². The number of methoxy groups -OCH3 is 1. The molecule has 5 nitrogen and oxygen atoms in total. The minimum Gasteiger partial charge on any atom is -0.481 e. The van der Waals surface area contributed by atoms with Gasteiger partial charge in [-0.3, -0.25) is 4.79 Å². The molecule has 0 spiro atoms. The van der Waals surface area contributed by atoms with Crippen LogP contribution in [0.3, 0.4) is 0 Å². The van der Waals surface area contributed by atoms with Crippen LogP contribution in [0.25, 0.3) is 0 Å². The van der Waals surface area contributed by atoms with Gasteiger partial charge in [0.2, 0.25) is 0 Å². The highest BCUT2D eigenvalue weighted by Gasteiger charge is 2.32. The summed E-state index contributed by atoms with van der Waals surface area (Å²) >= 11 is 1.59.